The molecule has 1 atom stereocenters. The van der Waals surface area contributed by atoms with E-state index < -0.39 is 17.9 Å². The van der Waals surface area contributed by atoms with Gasteiger partial charge in [-0.1, -0.05) is 60.7 Å². The van der Waals surface area contributed by atoms with Crippen molar-refractivity contribution in [1.29, 1.82) is 0 Å². The van der Waals surface area contributed by atoms with Gasteiger partial charge in [-0.2, -0.15) is 0 Å². The van der Waals surface area contributed by atoms with Gasteiger partial charge in [-0.25, -0.2) is 4.79 Å². The summed E-state index contributed by atoms with van der Waals surface area (Å²) in [6.45, 7) is 0. The van der Waals surface area contributed by atoms with Crippen LogP contribution in [0.25, 0.3) is 0 Å². The Bertz CT molecular complexity index is 849. The highest BCUT2D eigenvalue weighted by molar-refractivity contribution is 5.91. The molecule has 0 aromatic heterocycles. The summed E-state index contributed by atoms with van der Waals surface area (Å²) in [6.07, 6.45) is 6.56. The molecule has 0 aliphatic heterocycles. The highest BCUT2D eigenvalue weighted by Crippen LogP contribution is 2.61. The van der Waals surface area contributed by atoms with Crippen molar-refractivity contribution in [3.63, 3.8) is 0 Å². The number of carboxylic acid groups (broad SMARTS) is 1. The van der Waals surface area contributed by atoms with Gasteiger partial charge >= 0.3 is 5.97 Å². The number of hydrogen-bond donors (Lipinski definition) is 2. The number of benzene rings is 2. The number of carboxylic acids is 1. The molecule has 4 fully saturated rings. The lowest BCUT2D eigenvalue weighted by Crippen LogP contribution is -2.60. The second-order valence-corrected chi connectivity index (χ2v) is 9.81. The Labute approximate surface area is 177 Å². The molecule has 1 unspecified atom stereocenters. The maximum atomic E-state index is 13.6. The summed E-state index contributed by atoms with van der Waals surface area (Å²) in [6, 6.07) is 18.5. The van der Waals surface area contributed by atoms with Crippen LogP contribution in [0.4, 0.5) is 0 Å². The summed E-state index contributed by atoms with van der Waals surface area (Å²) >= 11 is 0. The van der Waals surface area contributed by atoms with E-state index in [9.17, 15) is 14.7 Å². The molecule has 4 aliphatic rings. The van der Waals surface area contributed by atoms with Crippen LogP contribution in [0, 0.1) is 23.2 Å². The molecule has 4 saturated carbocycles. The smallest absolute Gasteiger partial charge is 0.326 e. The van der Waals surface area contributed by atoms with E-state index in [1.165, 1.54) is 19.3 Å². The number of amides is 1. The molecule has 4 bridgehead atoms. The van der Waals surface area contributed by atoms with Crippen molar-refractivity contribution < 1.29 is 14.7 Å². The van der Waals surface area contributed by atoms with Crippen LogP contribution >= 0.6 is 0 Å². The molecular formula is C26H29NO3. The Balaban J connectivity index is 1.46. The number of carbonyl (C=O) groups is 2. The second-order valence-electron chi connectivity index (χ2n) is 9.81. The zero-order chi connectivity index (χ0) is 20.7. The first-order chi connectivity index (χ1) is 14.5. The summed E-state index contributed by atoms with van der Waals surface area (Å²) < 4.78 is 0. The third-order valence-corrected chi connectivity index (χ3v) is 7.76. The van der Waals surface area contributed by atoms with Crippen molar-refractivity contribution in [1.82, 2.24) is 5.32 Å². The third-order valence-electron chi connectivity index (χ3n) is 7.76. The normalized spacial score (nSPS) is 30.2. The van der Waals surface area contributed by atoms with Crippen molar-refractivity contribution in [3.8, 4) is 0 Å². The maximum Gasteiger partial charge on any atom is 0.326 e. The van der Waals surface area contributed by atoms with E-state index in [1.807, 2.05) is 60.7 Å². The van der Waals surface area contributed by atoms with Crippen LogP contribution in [-0.2, 0) is 9.59 Å². The van der Waals surface area contributed by atoms with Crippen LogP contribution in [0.1, 0.15) is 55.6 Å². The van der Waals surface area contributed by atoms with Crippen LogP contribution in [0.3, 0.4) is 0 Å². The highest BCUT2D eigenvalue weighted by Gasteiger charge is 2.56. The first kappa shape index (κ1) is 19.3. The molecule has 2 aromatic rings. The molecule has 2 N–H and O–H groups in total. The number of rotatable bonds is 6. The van der Waals surface area contributed by atoms with Crippen LogP contribution in [0.2, 0.25) is 0 Å². The van der Waals surface area contributed by atoms with Crippen molar-refractivity contribution >= 4 is 11.9 Å². The minimum absolute atomic E-state index is 0.212. The molecule has 2 aromatic carbocycles. The van der Waals surface area contributed by atoms with Gasteiger partial charge in [-0.15, -0.1) is 0 Å². The summed E-state index contributed by atoms with van der Waals surface area (Å²) in [4.78, 5) is 26.0. The van der Waals surface area contributed by atoms with Gasteiger partial charge in [0, 0.05) is 5.41 Å². The highest BCUT2D eigenvalue weighted by atomic mass is 16.4. The van der Waals surface area contributed by atoms with E-state index in [1.54, 1.807) is 0 Å². The molecule has 0 spiro atoms. The van der Waals surface area contributed by atoms with Gasteiger partial charge in [0.05, 0.1) is 5.92 Å². The lowest BCUT2D eigenvalue weighted by atomic mass is 9.47. The number of nitrogens with one attached hydrogen (secondary N) is 1. The Morgan fingerprint density at radius 1 is 0.800 bits per heavy atom. The van der Waals surface area contributed by atoms with Crippen molar-refractivity contribution in [2.45, 2.75) is 50.5 Å². The first-order valence-electron chi connectivity index (χ1n) is 11.2. The number of aliphatic carboxylic acids is 1. The number of hydrogen-bond acceptors (Lipinski definition) is 2. The largest absolute Gasteiger partial charge is 0.480 e. The average Bonchev–Trinajstić information content (AvgIpc) is 2.72. The summed E-state index contributed by atoms with van der Waals surface area (Å²) in [7, 11) is 0. The molecule has 1 amide bonds. The molecule has 6 rings (SSSR count). The van der Waals surface area contributed by atoms with E-state index in [-0.39, 0.29) is 11.3 Å². The molecule has 0 heterocycles. The van der Waals surface area contributed by atoms with Gasteiger partial charge in [-0.3, -0.25) is 4.79 Å². The lowest BCUT2D eigenvalue weighted by Gasteiger charge is -2.58. The SMILES string of the molecule is O=C(NC(C(=O)O)C12CC3CC(CC(C3)C1)C2)C(c1ccccc1)c1ccccc1. The topological polar surface area (TPSA) is 66.4 Å². The molecule has 4 heteroatoms. The second kappa shape index (κ2) is 7.57. The van der Waals surface area contributed by atoms with Gasteiger partial charge in [0.15, 0.2) is 0 Å². The molecule has 30 heavy (non-hydrogen) atoms. The Morgan fingerprint density at radius 3 is 1.63 bits per heavy atom. The van der Waals surface area contributed by atoms with Crippen LogP contribution in [-0.4, -0.2) is 23.0 Å². The van der Waals surface area contributed by atoms with E-state index in [4.69, 9.17) is 0 Å². The van der Waals surface area contributed by atoms with E-state index in [2.05, 4.69) is 5.32 Å². The van der Waals surface area contributed by atoms with Gasteiger partial charge in [0.2, 0.25) is 5.91 Å². The first-order valence-corrected chi connectivity index (χ1v) is 11.2. The Morgan fingerprint density at radius 2 is 1.23 bits per heavy atom. The zero-order valence-corrected chi connectivity index (χ0v) is 17.2. The Kier molecular flexibility index (Phi) is 4.88. The summed E-state index contributed by atoms with van der Waals surface area (Å²) in [5, 5.41) is 13.2. The average molecular weight is 404 g/mol. The van der Waals surface area contributed by atoms with Gasteiger partial charge in [0.25, 0.3) is 0 Å². The molecule has 4 nitrogen and oxygen atoms in total. The van der Waals surface area contributed by atoms with Crippen molar-refractivity contribution in [2.75, 3.05) is 0 Å². The van der Waals surface area contributed by atoms with Crippen LogP contribution < -0.4 is 5.32 Å². The maximum absolute atomic E-state index is 13.6. The lowest BCUT2D eigenvalue weighted by molar-refractivity contribution is -0.154. The van der Waals surface area contributed by atoms with Crippen molar-refractivity contribution in [2.24, 2.45) is 23.2 Å². The van der Waals surface area contributed by atoms with Gasteiger partial charge in [0.1, 0.15) is 6.04 Å². The van der Waals surface area contributed by atoms with E-state index in [0.717, 1.165) is 30.4 Å². The predicted octanol–water partition coefficient (Wildman–Crippen LogP) is 4.60. The third kappa shape index (κ3) is 3.42. The summed E-state index contributed by atoms with van der Waals surface area (Å²) in [5.41, 5.74) is 1.49. The monoisotopic (exact) mass is 403 g/mol. The molecular weight excluding hydrogens is 374 g/mol. The van der Waals surface area contributed by atoms with Gasteiger partial charge < -0.3 is 10.4 Å². The fraction of sp³-hybridized carbons (Fsp3) is 0.462. The molecule has 0 radical (unpaired) electrons. The summed E-state index contributed by atoms with van der Waals surface area (Å²) in [5.74, 6) is 0.293. The minimum Gasteiger partial charge on any atom is -0.480 e. The van der Waals surface area contributed by atoms with E-state index >= 15 is 0 Å². The standard InChI is InChI=1S/C26H29NO3/c28-24(22(20-7-3-1-4-8-20)21-9-5-2-6-10-21)27-23(25(29)30)26-14-17-11-18(15-26)13-19(12-17)16-26/h1-10,17-19,22-23H,11-16H2,(H,27,28)(H,29,30). The van der Waals surface area contributed by atoms with Gasteiger partial charge in [-0.05, 0) is 67.4 Å². The van der Waals surface area contributed by atoms with E-state index in [0.29, 0.717) is 17.8 Å². The fourth-order valence-electron chi connectivity index (χ4n) is 7.02. The zero-order valence-electron chi connectivity index (χ0n) is 17.2. The minimum atomic E-state index is -0.884. The number of carbonyl (C=O) groups excluding carboxylic acids is 1. The van der Waals surface area contributed by atoms with Crippen molar-refractivity contribution in [3.05, 3.63) is 71.8 Å². The van der Waals surface area contributed by atoms with Crippen LogP contribution in [0.5, 0.6) is 0 Å². The molecule has 4 aliphatic carbocycles. The molecule has 156 valence electrons. The quantitative estimate of drug-likeness (QED) is 0.740. The van der Waals surface area contributed by atoms with Crippen LogP contribution in [0.15, 0.2) is 60.7 Å². The Hall–Kier alpha value is -2.62. The fourth-order valence-corrected chi connectivity index (χ4v) is 7.02. The predicted molar refractivity (Wildman–Crippen MR) is 115 cm³/mol. The molecule has 0 saturated heterocycles.